The Balaban J connectivity index is 1.64. The summed E-state index contributed by atoms with van der Waals surface area (Å²) in [5, 5.41) is 0. The number of hydrogen-bond donors (Lipinski definition) is 1. The molecule has 6 heteroatoms. The van der Waals surface area contributed by atoms with Crippen molar-refractivity contribution in [3.8, 4) is 0 Å². The van der Waals surface area contributed by atoms with E-state index in [0.29, 0.717) is 38.9 Å². The standard InChI is InChI=1S/C17H31N3O3/c1-16(2,14-11-21-13-17(14)22-9-10-23-17)12-19-15(18)20-7-5-3-4-6-8-20/h14H,3-13H2,1-2H3,(H2,18,19). The molecule has 3 fully saturated rings. The van der Waals surface area contributed by atoms with Crippen LogP contribution in [0.15, 0.2) is 4.99 Å². The number of rotatable bonds is 3. The van der Waals surface area contributed by atoms with Crippen LogP contribution in [-0.2, 0) is 14.2 Å². The van der Waals surface area contributed by atoms with Crippen molar-refractivity contribution in [2.75, 3.05) is 46.1 Å². The summed E-state index contributed by atoms with van der Waals surface area (Å²) in [4.78, 5) is 6.94. The third-order valence-electron chi connectivity index (χ3n) is 5.42. The van der Waals surface area contributed by atoms with Crippen LogP contribution in [0.2, 0.25) is 0 Å². The van der Waals surface area contributed by atoms with Crippen LogP contribution in [0.5, 0.6) is 0 Å². The molecule has 1 spiro atoms. The Bertz CT molecular complexity index is 419. The number of nitrogens with two attached hydrogens (primary N) is 1. The van der Waals surface area contributed by atoms with Crippen molar-refractivity contribution in [2.45, 2.75) is 45.3 Å². The van der Waals surface area contributed by atoms with Gasteiger partial charge in [0.05, 0.1) is 19.8 Å². The molecule has 0 aliphatic carbocycles. The highest BCUT2D eigenvalue weighted by molar-refractivity contribution is 5.78. The van der Waals surface area contributed by atoms with E-state index in [2.05, 4.69) is 18.7 Å². The fourth-order valence-corrected chi connectivity index (χ4v) is 3.92. The predicted molar refractivity (Wildman–Crippen MR) is 89.3 cm³/mol. The van der Waals surface area contributed by atoms with Crippen molar-refractivity contribution in [3.05, 3.63) is 0 Å². The predicted octanol–water partition coefficient (Wildman–Crippen LogP) is 1.59. The Morgan fingerprint density at radius 1 is 1.17 bits per heavy atom. The van der Waals surface area contributed by atoms with E-state index >= 15 is 0 Å². The Hall–Kier alpha value is -0.850. The summed E-state index contributed by atoms with van der Waals surface area (Å²) in [5.41, 5.74) is 6.16. The second kappa shape index (κ2) is 6.95. The molecule has 0 saturated carbocycles. The number of ether oxygens (including phenoxy) is 3. The maximum Gasteiger partial charge on any atom is 0.197 e. The van der Waals surface area contributed by atoms with Crippen molar-refractivity contribution in [3.63, 3.8) is 0 Å². The summed E-state index contributed by atoms with van der Waals surface area (Å²) >= 11 is 0. The van der Waals surface area contributed by atoms with Crippen molar-refractivity contribution in [1.29, 1.82) is 0 Å². The number of hydrogen-bond acceptors (Lipinski definition) is 4. The summed E-state index contributed by atoms with van der Waals surface area (Å²) in [6, 6.07) is 0. The minimum Gasteiger partial charge on any atom is -0.375 e. The number of guanidine groups is 1. The average molecular weight is 325 g/mol. The molecule has 23 heavy (non-hydrogen) atoms. The van der Waals surface area contributed by atoms with Gasteiger partial charge in [-0.15, -0.1) is 0 Å². The minimum atomic E-state index is -0.573. The molecule has 2 N–H and O–H groups in total. The van der Waals surface area contributed by atoms with Crippen LogP contribution in [0.25, 0.3) is 0 Å². The summed E-state index contributed by atoms with van der Waals surface area (Å²) in [7, 11) is 0. The quantitative estimate of drug-likeness (QED) is 0.630. The van der Waals surface area contributed by atoms with Gasteiger partial charge in [-0.1, -0.05) is 26.7 Å². The topological polar surface area (TPSA) is 69.3 Å². The van der Waals surface area contributed by atoms with Gasteiger partial charge in [-0.3, -0.25) is 4.99 Å². The molecule has 6 nitrogen and oxygen atoms in total. The van der Waals surface area contributed by atoms with Gasteiger partial charge in [0, 0.05) is 25.6 Å². The highest BCUT2D eigenvalue weighted by Gasteiger charge is 2.55. The Morgan fingerprint density at radius 2 is 1.83 bits per heavy atom. The van der Waals surface area contributed by atoms with E-state index in [1.54, 1.807) is 0 Å². The molecular formula is C17H31N3O3. The molecule has 1 atom stereocenters. The average Bonchev–Trinajstić information content (AvgIpc) is 3.08. The highest BCUT2D eigenvalue weighted by Crippen LogP contribution is 2.44. The lowest BCUT2D eigenvalue weighted by molar-refractivity contribution is -0.196. The fraction of sp³-hybridized carbons (Fsp3) is 0.941. The van der Waals surface area contributed by atoms with Gasteiger partial charge in [0.1, 0.15) is 6.61 Å². The highest BCUT2D eigenvalue weighted by atomic mass is 16.8. The van der Waals surface area contributed by atoms with Gasteiger partial charge in [0.25, 0.3) is 0 Å². The van der Waals surface area contributed by atoms with Crippen molar-refractivity contribution < 1.29 is 14.2 Å². The first-order valence-electron chi connectivity index (χ1n) is 8.94. The van der Waals surface area contributed by atoms with Crippen molar-refractivity contribution >= 4 is 5.96 Å². The zero-order chi connectivity index (χ0) is 16.3. The van der Waals surface area contributed by atoms with E-state index < -0.39 is 5.79 Å². The van der Waals surface area contributed by atoms with Gasteiger partial charge in [0.15, 0.2) is 11.7 Å². The van der Waals surface area contributed by atoms with E-state index in [9.17, 15) is 0 Å². The van der Waals surface area contributed by atoms with E-state index in [0.717, 1.165) is 13.1 Å². The number of likely N-dealkylation sites (tertiary alicyclic amines) is 1. The van der Waals surface area contributed by atoms with Crippen LogP contribution >= 0.6 is 0 Å². The molecule has 0 radical (unpaired) electrons. The molecule has 0 amide bonds. The summed E-state index contributed by atoms with van der Waals surface area (Å²) in [6.07, 6.45) is 5.01. The van der Waals surface area contributed by atoms with Crippen molar-refractivity contribution in [1.82, 2.24) is 4.90 Å². The van der Waals surface area contributed by atoms with Gasteiger partial charge < -0.3 is 24.8 Å². The van der Waals surface area contributed by atoms with Crippen LogP contribution in [-0.4, -0.2) is 62.7 Å². The normalized spacial score (nSPS) is 29.2. The minimum absolute atomic E-state index is 0.0860. The van der Waals surface area contributed by atoms with Gasteiger partial charge in [-0.2, -0.15) is 0 Å². The first kappa shape index (κ1) is 17.0. The Kier molecular flexibility index (Phi) is 5.13. The van der Waals surface area contributed by atoms with Crippen molar-refractivity contribution in [2.24, 2.45) is 22.1 Å². The van der Waals surface area contributed by atoms with E-state index in [4.69, 9.17) is 24.9 Å². The van der Waals surface area contributed by atoms with E-state index in [1.807, 2.05) is 0 Å². The van der Waals surface area contributed by atoms with Gasteiger partial charge in [-0.05, 0) is 18.3 Å². The summed E-state index contributed by atoms with van der Waals surface area (Å²) in [6.45, 7) is 9.61. The zero-order valence-electron chi connectivity index (χ0n) is 14.6. The zero-order valence-corrected chi connectivity index (χ0v) is 14.6. The lowest BCUT2D eigenvalue weighted by atomic mass is 9.75. The molecule has 3 heterocycles. The maximum atomic E-state index is 6.25. The second-order valence-electron chi connectivity index (χ2n) is 7.64. The van der Waals surface area contributed by atoms with Gasteiger partial charge >= 0.3 is 0 Å². The first-order valence-corrected chi connectivity index (χ1v) is 8.94. The second-order valence-corrected chi connectivity index (χ2v) is 7.64. The molecule has 1 unspecified atom stereocenters. The first-order chi connectivity index (χ1) is 11.0. The van der Waals surface area contributed by atoms with Gasteiger partial charge in [-0.25, -0.2) is 0 Å². The van der Waals surface area contributed by atoms with E-state index in [-0.39, 0.29) is 11.3 Å². The molecule has 132 valence electrons. The number of nitrogens with zero attached hydrogens (tertiary/aromatic N) is 2. The van der Waals surface area contributed by atoms with Gasteiger partial charge in [0.2, 0.25) is 0 Å². The lowest BCUT2D eigenvalue weighted by Crippen LogP contribution is -2.47. The molecule has 3 rings (SSSR count). The SMILES string of the molecule is CC(C)(CN=C(N)N1CCCCCC1)C1COCC12OCCO2. The maximum absolute atomic E-state index is 6.25. The van der Waals surface area contributed by atoms with E-state index in [1.165, 1.54) is 25.7 Å². The molecule has 3 aliphatic rings. The molecular weight excluding hydrogens is 294 g/mol. The monoisotopic (exact) mass is 325 g/mol. The third kappa shape index (κ3) is 3.64. The smallest absolute Gasteiger partial charge is 0.197 e. The Labute approximate surface area is 139 Å². The van der Waals surface area contributed by atoms with Crippen LogP contribution < -0.4 is 5.73 Å². The summed E-state index contributed by atoms with van der Waals surface area (Å²) in [5.74, 6) is 0.288. The largest absolute Gasteiger partial charge is 0.375 e. The van der Waals surface area contributed by atoms with Crippen LogP contribution in [0, 0.1) is 11.3 Å². The lowest BCUT2D eigenvalue weighted by Gasteiger charge is -2.38. The fourth-order valence-electron chi connectivity index (χ4n) is 3.92. The summed E-state index contributed by atoms with van der Waals surface area (Å²) < 4.78 is 17.5. The Morgan fingerprint density at radius 3 is 2.48 bits per heavy atom. The molecule has 3 aliphatic heterocycles. The molecule has 0 aromatic carbocycles. The molecule has 0 aromatic heterocycles. The molecule has 3 saturated heterocycles. The van der Waals surface area contributed by atoms with Crippen LogP contribution in [0.1, 0.15) is 39.5 Å². The van der Waals surface area contributed by atoms with Crippen LogP contribution in [0.4, 0.5) is 0 Å². The number of aliphatic imine (C=N–C) groups is 1. The van der Waals surface area contributed by atoms with Crippen LogP contribution in [0.3, 0.4) is 0 Å². The molecule has 0 aromatic rings. The molecule has 0 bridgehead atoms. The third-order valence-corrected chi connectivity index (χ3v) is 5.42.